The summed E-state index contributed by atoms with van der Waals surface area (Å²) in [6.45, 7) is 0. The summed E-state index contributed by atoms with van der Waals surface area (Å²) in [5.74, 6) is 0.846. The molecule has 1 aliphatic rings. The van der Waals surface area contributed by atoms with Gasteiger partial charge in [-0.3, -0.25) is 0 Å². The molecule has 50 heavy (non-hydrogen) atoms. The first kappa shape index (κ1) is 28.4. The summed E-state index contributed by atoms with van der Waals surface area (Å²) >= 11 is 0. The fourth-order valence-corrected chi connectivity index (χ4v) is 7.52. The maximum absolute atomic E-state index is 6.55. The van der Waals surface area contributed by atoms with Gasteiger partial charge in [0.15, 0.2) is 5.58 Å². The predicted molar refractivity (Wildman–Crippen MR) is 207 cm³/mol. The molecule has 9 aromatic rings. The zero-order chi connectivity index (χ0) is 33.0. The first-order valence-electron chi connectivity index (χ1n) is 17.0. The van der Waals surface area contributed by atoms with E-state index in [1.807, 2.05) is 18.2 Å². The number of aromatic nitrogens is 1. The standard InChI is InChI=1S/C46H31N3O/c1-3-13-30(14-4-1)31-25-27-33(28-26-31)39-29-38(32-15-5-2-6-16-32)47-46(48-39)37-20-12-22-41-44(37)36-18-7-9-21-40(36)49(41)42-23-11-19-35-34-17-8-10-24-43(34)50-45(35)42/h1-29,39H,(H,47,48). The predicted octanol–water partition coefficient (Wildman–Crippen LogP) is 11.5. The molecule has 1 aliphatic heterocycles. The quantitative estimate of drug-likeness (QED) is 0.203. The molecule has 0 saturated heterocycles. The molecule has 0 spiro atoms. The van der Waals surface area contributed by atoms with Gasteiger partial charge >= 0.3 is 0 Å². The molecule has 3 heterocycles. The summed E-state index contributed by atoms with van der Waals surface area (Å²) in [5.41, 5.74) is 11.7. The van der Waals surface area contributed by atoms with E-state index in [-0.39, 0.29) is 6.04 Å². The van der Waals surface area contributed by atoms with Gasteiger partial charge in [-0.1, -0.05) is 146 Å². The summed E-state index contributed by atoms with van der Waals surface area (Å²) in [4.78, 5) is 5.32. The SMILES string of the molecule is C1=C(c2ccccc2)N=C(c2cccc3c2c2ccccc2n3-c2cccc3c2oc2ccccc23)NC1c1ccc(-c2ccccc2)cc1. The minimum atomic E-state index is -0.0737. The second-order valence-corrected chi connectivity index (χ2v) is 12.8. The molecule has 10 rings (SSSR count). The molecule has 0 fully saturated rings. The number of para-hydroxylation sites is 3. The second-order valence-electron chi connectivity index (χ2n) is 12.8. The van der Waals surface area contributed by atoms with Crippen LogP contribution >= 0.6 is 0 Å². The van der Waals surface area contributed by atoms with Crippen LogP contribution in [0, 0.1) is 0 Å². The molecular weight excluding hydrogens is 611 g/mol. The molecule has 0 saturated carbocycles. The second kappa shape index (κ2) is 11.5. The largest absolute Gasteiger partial charge is 0.454 e. The number of nitrogens with one attached hydrogen (secondary N) is 1. The van der Waals surface area contributed by atoms with Crippen LogP contribution in [-0.4, -0.2) is 10.4 Å². The normalized spacial score (nSPS) is 14.6. The van der Waals surface area contributed by atoms with Gasteiger partial charge in [-0.25, -0.2) is 4.99 Å². The Labute approximate surface area is 289 Å². The van der Waals surface area contributed by atoms with Crippen LogP contribution in [-0.2, 0) is 0 Å². The third-order valence-electron chi connectivity index (χ3n) is 9.87. The van der Waals surface area contributed by atoms with Crippen molar-refractivity contribution in [3.63, 3.8) is 0 Å². The minimum absolute atomic E-state index is 0.0737. The van der Waals surface area contributed by atoms with Crippen LogP contribution in [0.1, 0.15) is 22.7 Å². The first-order chi connectivity index (χ1) is 24.8. The molecule has 0 bridgehead atoms. The molecule has 0 amide bonds. The van der Waals surface area contributed by atoms with Gasteiger partial charge in [0.05, 0.1) is 28.5 Å². The van der Waals surface area contributed by atoms with Gasteiger partial charge in [0.25, 0.3) is 0 Å². The Hall–Kier alpha value is -6.65. The van der Waals surface area contributed by atoms with Crippen molar-refractivity contribution in [3.05, 3.63) is 193 Å². The van der Waals surface area contributed by atoms with Gasteiger partial charge in [0.1, 0.15) is 11.4 Å². The number of rotatable bonds is 5. The minimum Gasteiger partial charge on any atom is -0.454 e. The van der Waals surface area contributed by atoms with E-state index in [9.17, 15) is 0 Å². The molecule has 4 nitrogen and oxygen atoms in total. The highest BCUT2D eigenvalue weighted by atomic mass is 16.3. The summed E-state index contributed by atoms with van der Waals surface area (Å²) in [5, 5.41) is 8.38. The fourth-order valence-electron chi connectivity index (χ4n) is 7.52. The lowest BCUT2D eigenvalue weighted by atomic mass is 9.97. The van der Waals surface area contributed by atoms with Crippen LogP contribution in [0.2, 0.25) is 0 Å². The number of furan rings is 1. The van der Waals surface area contributed by atoms with Crippen molar-refractivity contribution in [1.29, 1.82) is 0 Å². The van der Waals surface area contributed by atoms with Gasteiger partial charge in [0.2, 0.25) is 0 Å². The lowest BCUT2D eigenvalue weighted by molar-refractivity contribution is 0.666. The molecule has 4 heteroatoms. The van der Waals surface area contributed by atoms with E-state index in [4.69, 9.17) is 9.41 Å². The molecule has 1 unspecified atom stereocenters. The highest BCUT2D eigenvalue weighted by Gasteiger charge is 2.24. The maximum atomic E-state index is 6.55. The van der Waals surface area contributed by atoms with Crippen LogP contribution in [0.4, 0.5) is 0 Å². The number of nitrogens with zero attached hydrogens (tertiary/aromatic N) is 2. The van der Waals surface area contributed by atoms with Gasteiger partial charge < -0.3 is 14.3 Å². The average Bonchev–Trinajstić information content (AvgIpc) is 3.75. The topological polar surface area (TPSA) is 42.5 Å². The number of aliphatic imine (C=N–C) groups is 1. The van der Waals surface area contributed by atoms with E-state index in [1.54, 1.807) is 0 Å². The molecular formula is C46H31N3O. The van der Waals surface area contributed by atoms with E-state index in [0.717, 1.165) is 72.1 Å². The monoisotopic (exact) mass is 641 g/mol. The third-order valence-corrected chi connectivity index (χ3v) is 9.87. The van der Waals surface area contributed by atoms with Crippen molar-refractivity contribution in [2.75, 3.05) is 0 Å². The highest BCUT2D eigenvalue weighted by molar-refractivity contribution is 6.21. The fraction of sp³-hybridized carbons (Fsp3) is 0.0217. The Balaban J connectivity index is 1.16. The van der Waals surface area contributed by atoms with E-state index in [2.05, 4.69) is 168 Å². The van der Waals surface area contributed by atoms with Crippen molar-refractivity contribution in [2.45, 2.75) is 6.04 Å². The summed E-state index contributed by atoms with van der Waals surface area (Å²) in [6, 6.07) is 59.6. The van der Waals surface area contributed by atoms with Crippen LogP contribution in [0.3, 0.4) is 0 Å². The number of hydrogen-bond donors (Lipinski definition) is 1. The van der Waals surface area contributed by atoms with Gasteiger partial charge in [-0.05, 0) is 52.6 Å². The lowest BCUT2D eigenvalue weighted by Gasteiger charge is -2.25. The molecule has 1 atom stereocenters. The third kappa shape index (κ3) is 4.57. The number of benzene rings is 7. The molecule has 1 N–H and O–H groups in total. The molecule has 0 radical (unpaired) electrons. The molecule has 0 aliphatic carbocycles. The van der Waals surface area contributed by atoms with E-state index in [0.29, 0.717) is 0 Å². The van der Waals surface area contributed by atoms with Crippen molar-refractivity contribution in [2.24, 2.45) is 4.99 Å². The lowest BCUT2D eigenvalue weighted by Crippen LogP contribution is -2.31. The van der Waals surface area contributed by atoms with Crippen molar-refractivity contribution >= 4 is 55.3 Å². The average molecular weight is 642 g/mol. The summed E-state index contributed by atoms with van der Waals surface area (Å²) in [6.07, 6.45) is 2.24. The van der Waals surface area contributed by atoms with E-state index < -0.39 is 0 Å². The highest BCUT2D eigenvalue weighted by Crippen LogP contribution is 2.40. The number of amidine groups is 1. The molecule has 236 valence electrons. The Kier molecular flexibility index (Phi) is 6.53. The number of fused-ring (bicyclic) bond motifs is 6. The summed E-state index contributed by atoms with van der Waals surface area (Å²) < 4.78 is 8.89. The van der Waals surface area contributed by atoms with Crippen molar-refractivity contribution in [3.8, 4) is 16.8 Å². The van der Waals surface area contributed by atoms with Gasteiger partial charge in [0, 0.05) is 27.1 Å². The van der Waals surface area contributed by atoms with Gasteiger partial charge in [-0.2, -0.15) is 0 Å². The Morgan fingerprint density at radius 2 is 1.16 bits per heavy atom. The maximum Gasteiger partial charge on any atom is 0.159 e. The van der Waals surface area contributed by atoms with Gasteiger partial charge in [-0.15, -0.1) is 0 Å². The van der Waals surface area contributed by atoms with Crippen molar-refractivity contribution in [1.82, 2.24) is 9.88 Å². The molecule has 7 aromatic carbocycles. The van der Waals surface area contributed by atoms with Crippen LogP contribution in [0.5, 0.6) is 0 Å². The van der Waals surface area contributed by atoms with Crippen LogP contribution in [0.15, 0.2) is 185 Å². The zero-order valence-electron chi connectivity index (χ0n) is 27.1. The Bertz CT molecular complexity index is 2770. The summed E-state index contributed by atoms with van der Waals surface area (Å²) in [7, 11) is 0. The first-order valence-corrected chi connectivity index (χ1v) is 17.0. The van der Waals surface area contributed by atoms with E-state index >= 15 is 0 Å². The zero-order valence-corrected chi connectivity index (χ0v) is 27.1. The molecule has 2 aromatic heterocycles. The van der Waals surface area contributed by atoms with Crippen LogP contribution in [0.25, 0.3) is 66.3 Å². The van der Waals surface area contributed by atoms with Crippen molar-refractivity contribution < 1.29 is 4.42 Å². The Morgan fingerprint density at radius 1 is 0.520 bits per heavy atom. The Morgan fingerprint density at radius 3 is 1.98 bits per heavy atom. The smallest absolute Gasteiger partial charge is 0.159 e. The van der Waals surface area contributed by atoms with E-state index in [1.165, 1.54) is 16.7 Å². The van der Waals surface area contributed by atoms with Crippen LogP contribution < -0.4 is 5.32 Å². The number of hydrogen-bond acceptors (Lipinski definition) is 3.